The van der Waals surface area contributed by atoms with Gasteiger partial charge in [-0.2, -0.15) is 0 Å². The summed E-state index contributed by atoms with van der Waals surface area (Å²) < 4.78 is 0. The Labute approximate surface area is 115 Å². The molecule has 0 saturated carbocycles. The van der Waals surface area contributed by atoms with Crippen LogP contribution < -0.4 is 0 Å². The topological polar surface area (TPSA) is 0 Å². The number of unbranched alkanes of at least 4 members (excludes halogenated alkanes) is 10. The molecule has 0 bridgehead atoms. The quantitative estimate of drug-likeness (QED) is 0.261. The van der Waals surface area contributed by atoms with Crippen LogP contribution in [0.5, 0.6) is 0 Å². The first kappa shape index (κ1) is 17.2. The summed E-state index contributed by atoms with van der Waals surface area (Å²) in [6, 6.07) is 0. The molecule has 0 saturated heterocycles. The molecule has 0 heterocycles. The van der Waals surface area contributed by atoms with E-state index in [1.54, 1.807) is 6.08 Å². The van der Waals surface area contributed by atoms with Crippen LogP contribution in [0, 0.1) is 6.58 Å². The maximum atomic E-state index is 5.23. The maximum absolute atomic E-state index is 5.23. The lowest BCUT2D eigenvalue weighted by Crippen LogP contribution is -1.81. The lowest BCUT2D eigenvalue weighted by molar-refractivity contribution is 0.557. The molecule has 0 aliphatic carbocycles. The Kier molecular flexibility index (Phi) is 15.5. The van der Waals surface area contributed by atoms with Crippen LogP contribution >= 0.6 is 0 Å². The standard InChI is InChI=1S/C18H31/c1-3-5-7-9-11-13-15-17-18-16-14-12-10-8-6-4-2/h1,3,5,7,9,11H,4,6,8,10,12-18H2,2H3. The Hall–Kier alpha value is -0.780. The normalized spacial score (nSPS) is 11.6. The molecule has 0 unspecified atom stereocenters. The third-order valence-electron chi connectivity index (χ3n) is 3.19. The molecule has 1 radical (unpaired) electrons. The molecule has 0 amide bonds. The molecule has 0 atom stereocenters. The first-order valence-corrected chi connectivity index (χ1v) is 7.78. The Morgan fingerprint density at radius 1 is 0.667 bits per heavy atom. The monoisotopic (exact) mass is 247 g/mol. The molecule has 0 rings (SSSR count). The van der Waals surface area contributed by atoms with Gasteiger partial charge in [-0.25, -0.2) is 0 Å². The minimum atomic E-state index is 1.20. The van der Waals surface area contributed by atoms with Gasteiger partial charge in [-0.1, -0.05) is 102 Å². The second-order valence-corrected chi connectivity index (χ2v) is 4.98. The Morgan fingerprint density at radius 2 is 1.22 bits per heavy atom. The van der Waals surface area contributed by atoms with Crippen LogP contribution in [0.1, 0.15) is 77.6 Å². The number of rotatable bonds is 13. The zero-order valence-corrected chi connectivity index (χ0v) is 12.2. The molecule has 0 aliphatic heterocycles. The Bertz CT molecular complexity index is 210. The van der Waals surface area contributed by atoms with E-state index in [4.69, 9.17) is 6.58 Å². The highest BCUT2D eigenvalue weighted by atomic mass is 14.0. The summed E-state index contributed by atoms with van der Waals surface area (Å²) in [6.45, 7) is 7.51. The van der Waals surface area contributed by atoms with Crippen LogP contribution in [0.3, 0.4) is 0 Å². The van der Waals surface area contributed by atoms with E-state index >= 15 is 0 Å². The second kappa shape index (κ2) is 16.2. The summed E-state index contributed by atoms with van der Waals surface area (Å²) in [6.07, 6.45) is 25.0. The number of hydrogen-bond donors (Lipinski definition) is 0. The van der Waals surface area contributed by atoms with E-state index in [0.29, 0.717) is 0 Å². The van der Waals surface area contributed by atoms with Crippen LogP contribution in [0.2, 0.25) is 0 Å². The van der Waals surface area contributed by atoms with Crippen molar-refractivity contribution in [3.63, 3.8) is 0 Å². The molecule has 18 heavy (non-hydrogen) atoms. The number of allylic oxidation sites excluding steroid dienone is 5. The van der Waals surface area contributed by atoms with Crippen molar-refractivity contribution in [2.45, 2.75) is 77.6 Å². The molecular formula is C18H31. The predicted molar refractivity (Wildman–Crippen MR) is 83.6 cm³/mol. The van der Waals surface area contributed by atoms with Gasteiger partial charge in [0.15, 0.2) is 0 Å². The van der Waals surface area contributed by atoms with E-state index in [1.165, 1.54) is 70.6 Å². The molecular weight excluding hydrogens is 216 g/mol. The Balaban J connectivity index is 3.05. The maximum Gasteiger partial charge on any atom is -0.0348 e. The van der Waals surface area contributed by atoms with E-state index in [1.807, 2.05) is 12.2 Å². The average Bonchev–Trinajstić information content (AvgIpc) is 2.39. The van der Waals surface area contributed by atoms with Gasteiger partial charge in [0.25, 0.3) is 0 Å². The van der Waals surface area contributed by atoms with E-state index < -0.39 is 0 Å². The van der Waals surface area contributed by atoms with E-state index in [9.17, 15) is 0 Å². The van der Waals surface area contributed by atoms with Gasteiger partial charge in [-0.15, -0.1) is 0 Å². The predicted octanol–water partition coefficient (Wildman–Crippen LogP) is 6.40. The fourth-order valence-corrected chi connectivity index (χ4v) is 2.05. The van der Waals surface area contributed by atoms with Crippen molar-refractivity contribution in [3.05, 3.63) is 37.0 Å². The highest BCUT2D eigenvalue weighted by Gasteiger charge is 1.91. The molecule has 0 aromatic carbocycles. The molecule has 0 heteroatoms. The van der Waals surface area contributed by atoms with Crippen LogP contribution in [0.4, 0.5) is 0 Å². The van der Waals surface area contributed by atoms with Gasteiger partial charge in [-0.05, 0) is 12.8 Å². The minimum Gasteiger partial charge on any atom is -0.0845 e. The molecule has 0 N–H and O–H groups in total. The van der Waals surface area contributed by atoms with E-state index in [-0.39, 0.29) is 0 Å². The van der Waals surface area contributed by atoms with Crippen molar-refractivity contribution in [2.24, 2.45) is 0 Å². The fraction of sp³-hybridized carbons (Fsp3) is 0.667. The summed E-state index contributed by atoms with van der Waals surface area (Å²) in [4.78, 5) is 0. The van der Waals surface area contributed by atoms with Gasteiger partial charge in [0.2, 0.25) is 0 Å². The van der Waals surface area contributed by atoms with Gasteiger partial charge >= 0.3 is 0 Å². The van der Waals surface area contributed by atoms with Crippen molar-refractivity contribution in [3.8, 4) is 0 Å². The van der Waals surface area contributed by atoms with Crippen molar-refractivity contribution in [2.75, 3.05) is 0 Å². The molecule has 0 nitrogen and oxygen atoms in total. The third-order valence-corrected chi connectivity index (χ3v) is 3.19. The van der Waals surface area contributed by atoms with Crippen molar-refractivity contribution < 1.29 is 0 Å². The third kappa shape index (κ3) is 15.2. The Morgan fingerprint density at radius 3 is 1.78 bits per heavy atom. The molecule has 0 aromatic rings. The molecule has 0 aliphatic rings. The minimum absolute atomic E-state index is 1.20. The SMILES string of the molecule is [CH]=CC=CC=CCCCCCCCCCCCC. The van der Waals surface area contributed by atoms with Crippen molar-refractivity contribution in [1.82, 2.24) is 0 Å². The van der Waals surface area contributed by atoms with Gasteiger partial charge in [0, 0.05) is 0 Å². The van der Waals surface area contributed by atoms with E-state index in [0.717, 1.165) is 0 Å². The molecule has 0 fully saturated rings. The van der Waals surface area contributed by atoms with Crippen molar-refractivity contribution >= 4 is 0 Å². The van der Waals surface area contributed by atoms with Gasteiger partial charge in [0.05, 0.1) is 0 Å². The zero-order chi connectivity index (χ0) is 13.3. The van der Waals surface area contributed by atoms with Crippen LogP contribution in [-0.2, 0) is 0 Å². The molecule has 0 aromatic heterocycles. The first-order chi connectivity index (χ1) is 8.91. The highest BCUT2D eigenvalue weighted by Crippen LogP contribution is 2.11. The summed E-state index contributed by atoms with van der Waals surface area (Å²) in [7, 11) is 0. The summed E-state index contributed by atoms with van der Waals surface area (Å²) >= 11 is 0. The van der Waals surface area contributed by atoms with Crippen LogP contribution in [-0.4, -0.2) is 0 Å². The largest absolute Gasteiger partial charge is 0.0845 e. The summed E-state index contributed by atoms with van der Waals surface area (Å²) in [5, 5.41) is 0. The lowest BCUT2D eigenvalue weighted by Gasteiger charge is -2.01. The lowest BCUT2D eigenvalue weighted by atomic mass is 10.1. The molecule has 0 spiro atoms. The van der Waals surface area contributed by atoms with Gasteiger partial charge in [-0.3, -0.25) is 0 Å². The van der Waals surface area contributed by atoms with Crippen LogP contribution in [0.25, 0.3) is 0 Å². The van der Waals surface area contributed by atoms with Crippen molar-refractivity contribution in [1.29, 1.82) is 0 Å². The fourth-order valence-electron chi connectivity index (χ4n) is 2.05. The summed E-state index contributed by atoms with van der Waals surface area (Å²) in [5.41, 5.74) is 0. The van der Waals surface area contributed by atoms with E-state index in [2.05, 4.69) is 19.1 Å². The van der Waals surface area contributed by atoms with Gasteiger partial charge in [0.1, 0.15) is 0 Å². The smallest absolute Gasteiger partial charge is 0.0348 e. The second-order valence-electron chi connectivity index (χ2n) is 4.98. The van der Waals surface area contributed by atoms with Crippen LogP contribution in [0.15, 0.2) is 30.4 Å². The average molecular weight is 247 g/mol. The number of hydrogen-bond acceptors (Lipinski definition) is 0. The molecule has 103 valence electrons. The summed E-state index contributed by atoms with van der Waals surface area (Å²) in [5.74, 6) is 0. The zero-order valence-electron chi connectivity index (χ0n) is 12.2. The first-order valence-electron chi connectivity index (χ1n) is 7.78. The van der Waals surface area contributed by atoms with Gasteiger partial charge < -0.3 is 0 Å². The highest BCUT2D eigenvalue weighted by molar-refractivity contribution is 5.07.